The molecule has 0 aliphatic rings. The molecule has 0 radical (unpaired) electrons. The summed E-state index contributed by atoms with van der Waals surface area (Å²) in [5.41, 5.74) is 7.08. The third-order valence-electron chi connectivity index (χ3n) is 2.55. The lowest BCUT2D eigenvalue weighted by molar-refractivity contribution is 0.0519. The Balaban J connectivity index is 2.21. The molecule has 1 aromatic carbocycles. The van der Waals surface area contributed by atoms with E-state index >= 15 is 0 Å². The van der Waals surface area contributed by atoms with Gasteiger partial charge in [0.2, 0.25) is 0 Å². The molecule has 0 unspecified atom stereocenters. The zero-order chi connectivity index (χ0) is 13.8. The number of ether oxygens (including phenoxy) is 1. The molecule has 0 amide bonds. The molecule has 0 saturated heterocycles. The Kier molecular flexibility index (Phi) is 4.06. The molecule has 5 nitrogen and oxygen atoms in total. The van der Waals surface area contributed by atoms with Crippen LogP contribution in [-0.2, 0) is 11.3 Å². The SMILES string of the molecule is CCOC(=O)c1nn(Cc2ccccc2Cl)cc1N. The Morgan fingerprint density at radius 2 is 2.21 bits per heavy atom. The van der Waals surface area contributed by atoms with Gasteiger partial charge >= 0.3 is 5.97 Å². The summed E-state index contributed by atoms with van der Waals surface area (Å²) in [5, 5.41) is 4.77. The van der Waals surface area contributed by atoms with Crippen molar-refractivity contribution in [1.29, 1.82) is 0 Å². The van der Waals surface area contributed by atoms with Crippen LogP contribution in [0.4, 0.5) is 5.69 Å². The molecule has 2 N–H and O–H groups in total. The summed E-state index contributed by atoms with van der Waals surface area (Å²) in [6.07, 6.45) is 1.59. The number of nitrogen functional groups attached to an aromatic ring is 1. The van der Waals surface area contributed by atoms with Crippen LogP contribution in [0.1, 0.15) is 23.0 Å². The third-order valence-corrected chi connectivity index (χ3v) is 2.92. The Bertz CT molecular complexity index is 595. The van der Waals surface area contributed by atoms with Gasteiger partial charge in [0.05, 0.1) is 18.8 Å². The van der Waals surface area contributed by atoms with E-state index in [-0.39, 0.29) is 12.3 Å². The van der Waals surface area contributed by atoms with Gasteiger partial charge in [0.25, 0.3) is 0 Å². The number of carbonyl (C=O) groups is 1. The standard InChI is InChI=1S/C13H14ClN3O2/c1-2-19-13(18)12-11(15)8-17(16-12)7-9-5-3-4-6-10(9)14/h3-6,8H,2,7,15H2,1H3. The molecule has 19 heavy (non-hydrogen) atoms. The molecule has 1 heterocycles. The highest BCUT2D eigenvalue weighted by molar-refractivity contribution is 6.31. The van der Waals surface area contributed by atoms with Crippen LogP contribution in [0.3, 0.4) is 0 Å². The van der Waals surface area contributed by atoms with Crippen molar-refractivity contribution in [2.45, 2.75) is 13.5 Å². The van der Waals surface area contributed by atoms with Crippen LogP contribution >= 0.6 is 11.6 Å². The lowest BCUT2D eigenvalue weighted by Gasteiger charge is -2.03. The highest BCUT2D eigenvalue weighted by atomic mass is 35.5. The van der Waals surface area contributed by atoms with Crippen molar-refractivity contribution >= 4 is 23.3 Å². The summed E-state index contributed by atoms with van der Waals surface area (Å²) in [6.45, 7) is 2.47. The zero-order valence-corrected chi connectivity index (χ0v) is 11.2. The second-order valence-electron chi connectivity index (χ2n) is 3.94. The number of rotatable bonds is 4. The van der Waals surface area contributed by atoms with Gasteiger partial charge in [-0.1, -0.05) is 29.8 Å². The molecule has 6 heteroatoms. The average molecular weight is 280 g/mol. The number of halogens is 1. The molecule has 0 bridgehead atoms. The Morgan fingerprint density at radius 1 is 1.47 bits per heavy atom. The van der Waals surface area contributed by atoms with Crippen molar-refractivity contribution in [2.24, 2.45) is 0 Å². The number of hydrogen-bond acceptors (Lipinski definition) is 4. The van der Waals surface area contributed by atoms with E-state index in [2.05, 4.69) is 5.10 Å². The fourth-order valence-electron chi connectivity index (χ4n) is 1.68. The molecule has 0 aliphatic carbocycles. The number of nitrogens with two attached hydrogens (primary N) is 1. The second-order valence-corrected chi connectivity index (χ2v) is 4.35. The summed E-state index contributed by atoms with van der Waals surface area (Å²) in [7, 11) is 0. The number of esters is 1. The molecule has 1 aromatic heterocycles. The first kappa shape index (κ1) is 13.4. The van der Waals surface area contributed by atoms with Gasteiger partial charge in [-0.05, 0) is 18.6 Å². The fraction of sp³-hybridized carbons (Fsp3) is 0.231. The van der Waals surface area contributed by atoms with Gasteiger partial charge in [0.15, 0.2) is 5.69 Å². The Morgan fingerprint density at radius 3 is 2.89 bits per heavy atom. The van der Waals surface area contributed by atoms with Crippen molar-refractivity contribution < 1.29 is 9.53 Å². The van der Waals surface area contributed by atoms with Crippen LogP contribution in [0.15, 0.2) is 30.5 Å². The van der Waals surface area contributed by atoms with Gasteiger partial charge in [0, 0.05) is 11.2 Å². The van der Waals surface area contributed by atoms with Gasteiger partial charge in [-0.25, -0.2) is 4.79 Å². The minimum atomic E-state index is -0.516. The van der Waals surface area contributed by atoms with Crippen molar-refractivity contribution in [3.63, 3.8) is 0 Å². The number of anilines is 1. The lowest BCUT2D eigenvalue weighted by Crippen LogP contribution is -2.09. The van der Waals surface area contributed by atoms with Crippen LogP contribution in [0.5, 0.6) is 0 Å². The molecule has 0 atom stereocenters. The van der Waals surface area contributed by atoms with Crippen molar-refractivity contribution in [1.82, 2.24) is 9.78 Å². The zero-order valence-electron chi connectivity index (χ0n) is 10.5. The van der Waals surface area contributed by atoms with Gasteiger partial charge < -0.3 is 10.5 Å². The summed E-state index contributed by atoms with van der Waals surface area (Å²) in [6, 6.07) is 7.44. The van der Waals surface area contributed by atoms with E-state index in [4.69, 9.17) is 22.1 Å². The normalized spacial score (nSPS) is 10.4. The largest absolute Gasteiger partial charge is 0.461 e. The van der Waals surface area contributed by atoms with Crippen LogP contribution in [0, 0.1) is 0 Å². The van der Waals surface area contributed by atoms with Gasteiger partial charge in [-0.3, -0.25) is 4.68 Å². The van der Waals surface area contributed by atoms with E-state index in [0.717, 1.165) is 5.56 Å². The number of hydrogen-bond donors (Lipinski definition) is 1. The average Bonchev–Trinajstić information content (AvgIpc) is 2.74. The van der Waals surface area contributed by atoms with Crippen LogP contribution in [-0.4, -0.2) is 22.4 Å². The molecule has 100 valence electrons. The summed E-state index contributed by atoms with van der Waals surface area (Å²) < 4.78 is 6.45. The quantitative estimate of drug-likeness (QED) is 0.872. The third kappa shape index (κ3) is 3.06. The number of carbonyl (C=O) groups excluding carboxylic acids is 1. The number of aromatic nitrogens is 2. The van der Waals surface area contributed by atoms with Crippen LogP contribution in [0.2, 0.25) is 5.02 Å². The van der Waals surface area contributed by atoms with Gasteiger partial charge in [-0.15, -0.1) is 0 Å². The Hall–Kier alpha value is -2.01. The second kappa shape index (κ2) is 5.75. The first-order valence-electron chi connectivity index (χ1n) is 5.85. The molecule has 0 spiro atoms. The summed E-state index contributed by atoms with van der Waals surface area (Å²) in [5.74, 6) is -0.516. The summed E-state index contributed by atoms with van der Waals surface area (Å²) >= 11 is 6.07. The van der Waals surface area contributed by atoms with Crippen LogP contribution < -0.4 is 5.73 Å². The first-order chi connectivity index (χ1) is 9.11. The number of nitrogens with zero attached hydrogens (tertiary/aromatic N) is 2. The Labute approximate surface area is 115 Å². The van der Waals surface area contributed by atoms with E-state index in [9.17, 15) is 4.79 Å². The van der Waals surface area contributed by atoms with Gasteiger partial charge in [-0.2, -0.15) is 5.10 Å². The monoisotopic (exact) mass is 279 g/mol. The smallest absolute Gasteiger partial charge is 0.361 e. The summed E-state index contributed by atoms with van der Waals surface area (Å²) in [4.78, 5) is 11.6. The minimum absolute atomic E-state index is 0.133. The lowest BCUT2D eigenvalue weighted by atomic mass is 10.2. The minimum Gasteiger partial charge on any atom is -0.461 e. The maximum absolute atomic E-state index is 11.6. The molecule has 2 aromatic rings. The highest BCUT2D eigenvalue weighted by Gasteiger charge is 2.16. The molecule has 0 aliphatic heterocycles. The van der Waals surface area contributed by atoms with E-state index in [1.165, 1.54) is 0 Å². The molecular weight excluding hydrogens is 266 g/mol. The fourth-order valence-corrected chi connectivity index (χ4v) is 1.87. The molecule has 0 saturated carbocycles. The molecule has 2 rings (SSSR count). The van der Waals surface area contributed by atoms with E-state index < -0.39 is 5.97 Å². The predicted octanol–water partition coefficient (Wildman–Crippen LogP) is 2.34. The van der Waals surface area contributed by atoms with Crippen molar-refractivity contribution in [3.05, 3.63) is 46.7 Å². The maximum atomic E-state index is 11.6. The van der Waals surface area contributed by atoms with E-state index in [1.807, 2.05) is 18.2 Å². The van der Waals surface area contributed by atoms with Crippen LogP contribution in [0.25, 0.3) is 0 Å². The maximum Gasteiger partial charge on any atom is 0.361 e. The molecular formula is C13H14ClN3O2. The topological polar surface area (TPSA) is 70.1 Å². The number of benzene rings is 1. The molecule has 0 fully saturated rings. The highest BCUT2D eigenvalue weighted by Crippen LogP contribution is 2.18. The predicted molar refractivity (Wildman–Crippen MR) is 73.1 cm³/mol. The van der Waals surface area contributed by atoms with Crippen molar-refractivity contribution in [3.8, 4) is 0 Å². The van der Waals surface area contributed by atoms with Gasteiger partial charge in [0.1, 0.15) is 0 Å². The van der Waals surface area contributed by atoms with E-state index in [1.54, 1.807) is 23.9 Å². The van der Waals surface area contributed by atoms with Crippen molar-refractivity contribution in [2.75, 3.05) is 12.3 Å². The first-order valence-corrected chi connectivity index (χ1v) is 6.23. The van der Waals surface area contributed by atoms with E-state index in [0.29, 0.717) is 17.3 Å².